The third-order valence-corrected chi connectivity index (χ3v) is 2.60. The summed E-state index contributed by atoms with van der Waals surface area (Å²) >= 11 is 5.64. The van der Waals surface area contributed by atoms with E-state index < -0.39 is 0 Å². The normalized spacial score (nSPS) is 10.3. The molecule has 0 saturated heterocycles. The summed E-state index contributed by atoms with van der Waals surface area (Å²) in [6, 6.07) is 3.95. The van der Waals surface area contributed by atoms with Gasteiger partial charge < -0.3 is 19.8 Å². The van der Waals surface area contributed by atoms with Gasteiger partial charge in [-0.2, -0.15) is 0 Å². The Labute approximate surface area is 111 Å². The smallest absolute Gasteiger partial charge is 0.254 e. The largest absolute Gasteiger partial charge is 0.504 e. The van der Waals surface area contributed by atoms with Gasteiger partial charge in [0, 0.05) is 31.6 Å². The number of benzene rings is 1. The minimum absolute atomic E-state index is 0.257. The van der Waals surface area contributed by atoms with E-state index in [0.717, 1.165) is 0 Å². The summed E-state index contributed by atoms with van der Waals surface area (Å²) < 4.78 is 4.92. The van der Waals surface area contributed by atoms with Gasteiger partial charge >= 0.3 is 0 Å². The van der Waals surface area contributed by atoms with E-state index in [2.05, 4.69) is 0 Å². The van der Waals surface area contributed by atoms with E-state index in [1.165, 1.54) is 23.1 Å². The molecule has 0 bridgehead atoms. The molecule has 0 radical (unpaired) electrons. The van der Waals surface area contributed by atoms with Crippen LogP contribution in [0.1, 0.15) is 10.4 Å². The Kier molecular flexibility index (Phi) is 5.74. The van der Waals surface area contributed by atoms with Crippen molar-refractivity contribution in [3.05, 3.63) is 23.8 Å². The Morgan fingerprint density at radius 2 is 2.06 bits per heavy atom. The van der Waals surface area contributed by atoms with Crippen LogP contribution in [0.5, 0.6) is 11.5 Å². The molecule has 0 aliphatic rings. The standard InChI is InChI=1S/C12H16ClNO4/c1-18-7-6-14(5-4-13)12(17)9-2-3-10(15)11(16)8-9/h2-3,8,15-16H,4-7H2,1H3. The number of halogens is 1. The number of rotatable bonds is 6. The molecule has 6 heteroatoms. The Morgan fingerprint density at radius 1 is 1.33 bits per heavy atom. The lowest BCUT2D eigenvalue weighted by Gasteiger charge is -2.21. The molecule has 0 heterocycles. The molecule has 0 spiro atoms. The number of alkyl halides is 1. The molecule has 5 nitrogen and oxygen atoms in total. The molecule has 1 rings (SSSR count). The van der Waals surface area contributed by atoms with E-state index in [9.17, 15) is 15.0 Å². The Hall–Kier alpha value is -1.46. The van der Waals surface area contributed by atoms with E-state index >= 15 is 0 Å². The molecule has 0 aromatic heterocycles. The second-order valence-electron chi connectivity index (χ2n) is 3.68. The quantitative estimate of drug-likeness (QED) is 0.608. The zero-order chi connectivity index (χ0) is 13.5. The van der Waals surface area contributed by atoms with Crippen molar-refractivity contribution in [2.24, 2.45) is 0 Å². The van der Waals surface area contributed by atoms with Gasteiger partial charge in [-0.05, 0) is 18.2 Å². The number of phenols is 2. The Morgan fingerprint density at radius 3 is 2.61 bits per heavy atom. The molecule has 0 fully saturated rings. The predicted octanol–water partition coefficient (Wildman–Crippen LogP) is 1.43. The average molecular weight is 274 g/mol. The zero-order valence-corrected chi connectivity index (χ0v) is 10.9. The molecule has 0 aliphatic heterocycles. The van der Waals surface area contributed by atoms with Crippen molar-refractivity contribution in [3.63, 3.8) is 0 Å². The van der Waals surface area contributed by atoms with E-state index in [-0.39, 0.29) is 17.4 Å². The van der Waals surface area contributed by atoms with E-state index in [1.54, 1.807) is 7.11 Å². The van der Waals surface area contributed by atoms with Crippen LogP contribution >= 0.6 is 11.6 Å². The number of phenolic OH excluding ortho intramolecular Hbond substituents is 2. The van der Waals surface area contributed by atoms with Gasteiger partial charge in [-0.15, -0.1) is 11.6 Å². The van der Waals surface area contributed by atoms with Crippen LogP contribution in [0.25, 0.3) is 0 Å². The van der Waals surface area contributed by atoms with Gasteiger partial charge in [0.1, 0.15) is 0 Å². The molecule has 1 aromatic rings. The monoisotopic (exact) mass is 273 g/mol. The number of carbonyl (C=O) groups excluding carboxylic acids is 1. The highest BCUT2D eigenvalue weighted by Gasteiger charge is 2.16. The molecule has 0 aliphatic carbocycles. The summed E-state index contributed by atoms with van der Waals surface area (Å²) in [5, 5.41) is 18.6. The molecule has 100 valence electrons. The van der Waals surface area contributed by atoms with Gasteiger partial charge in [0.25, 0.3) is 5.91 Å². The lowest BCUT2D eigenvalue weighted by molar-refractivity contribution is 0.0707. The van der Waals surface area contributed by atoms with Crippen LogP contribution in [0.3, 0.4) is 0 Å². The molecule has 18 heavy (non-hydrogen) atoms. The summed E-state index contributed by atoms with van der Waals surface area (Å²) in [6.45, 7) is 1.22. The van der Waals surface area contributed by atoms with Gasteiger partial charge in [-0.1, -0.05) is 0 Å². The minimum atomic E-state index is -0.321. The van der Waals surface area contributed by atoms with Gasteiger partial charge in [0.05, 0.1) is 6.61 Å². The fourth-order valence-electron chi connectivity index (χ4n) is 1.46. The zero-order valence-electron chi connectivity index (χ0n) is 10.1. The van der Waals surface area contributed by atoms with Crippen molar-refractivity contribution >= 4 is 17.5 Å². The number of nitrogens with zero attached hydrogens (tertiary/aromatic N) is 1. The molecular weight excluding hydrogens is 258 g/mol. The lowest BCUT2D eigenvalue weighted by Crippen LogP contribution is -2.35. The summed E-state index contributed by atoms with van der Waals surface area (Å²) in [7, 11) is 1.55. The summed E-state index contributed by atoms with van der Waals surface area (Å²) in [4.78, 5) is 13.7. The molecule has 0 unspecified atom stereocenters. The highest BCUT2D eigenvalue weighted by molar-refractivity contribution is 6.18. The molecule has 0 atom stereocenters. The SMILES string of the molecule is COCCN(CCCl)C(=O)c1ccc(O)c(O)c1. The van der Waals surface area contributed by atoms with E-state index in [1.807, 2.05) is 0 Å². The number of amides is 1. The first-order valence-electron chi connectivity index (χ1n) is 5.46. The highest BCUT2D eigenvalue weighted by atomic mass is 35.5. The predicted molar refractivity (Wildman–Crippen MR) is 68.3 cm³/mol. The number of methoxy groups -OCH3 is 1. The fraction of sp³-hybridized carbons (Fsp3) is 0.417. The third-order valence-electron chi connectivity index (χ3n) is 2.43. The van der Waals surface area contributed by atoms with Crippen LogP contribution in [-0.4, -0.2) is 53.7 Å². The fourth-order valence-corrected chi connectivity index (χ4v) is 1.66. The first kappa shape index (κ1) is 14.6. The topological polar surface area (TPSA) is 70.0 Å². The van der Waals surface area contributed by atoms with Crippen molar-refractivity contribution in [3.8, 4) is 11.5 Å². The van der Waals surface area contributed by atoms with Crippen molar-refractivity contribution in [2.45, 2.75) is 0 Å². The first-order chi connectivity index (χ1) is 8.60. The van der Waals surface area contributed by atoms with Gasteiger partial charge in [0.15, 0.2) is 11.5 Å². The van der Waals surface area contributed by atoms with Crippen molar-refractivity contribution in [2.75, 3.05) is 32.7 Å². The molecule has 1 aromatic carbocycles. The number of carbonyl (C=O) groups is 1. The van der Waals surface area contributed by atoms with E-state index in [0.29, 0.717) is 31.1 Å². The van der Waals surface area contributed by atoms with Gasteiger partial charge in [-0.25, -0.2) is 0 Å². The summed E-state index contributed by atoms with van der Waals surface area (Å²) in [6.07, 6.45) is 0. The van der Waals surface area contributed by atoms with Gasteiger partial charge in [0.2, 0.25) is 0 Å². The second-order valence-corrected chi connectivity index (χ2v) is 4.06. The maximum atomic E-state index is 12.1. The lowest BCUT2D eigenvalue weighted by atomic mass is 10.1. The van der Waals surface area contributed by atoms with E-state index in [4.69, 9.17) is 16.3 Å². The van der Waals surface area contributed by atoms with Crippen LogP contribution in [0, 0.1) is 0 Å². The maximum absolute atomic E-state index is 12.1. The number of aromatic hydroxyl groups is 2. The van der Waals surface area contributed by atoms with Gasteiger partial charge in [-0.3, -0.25) is 4.79 Å². The molecule has 1 amide bonds. The number of hydrogen-bond donors (Lipinski definition) is 2. The molecule has 2 N–H and O–H groups in total. The first-order valence-corrected chi connectivity index (χ1v) is 5.99. The minimum Gasteiger partial charge on any atom is -0.504 e. The van der Waals surface area contributed by atoms with Crippen molar-refractivity contribution in [1.29, 1.82) is 0 Å². The second kappa shape index (κ2) is 7.08. The van der Waals surface area contributed by atoms with Crippen LogP contribution in [0.4, 0.5) is 0 Å². The Bertz CT molecular complexity index is 411. The van der Waals surface area contributed by atoms with Crippen molar-refractivity contribution < 1.29 is 19.7 Å². The third kappa shape index (κ3) is 3.78. The summed E-state index contributed by atoms with van der Waals surface area (Å²) in [5.41, 5.74) is 0.298. The molecule has 0 saturated carbocycles. The number of hydrogen-bond acceptors (Lipinski definition) is 4. The van der Waals surface area contributed by atoms with Crippen LogP contribution in [0.2, 0.25) is 0 Å². The highest BCUT2D eigenvalue weighted by Crippen LogP contribution is 2.25. The Balaban J connectivity index is 2.83. The van der Waals surface area contributed by atoms with Crippen LogP contribution in [0.15, 0.2) is 18.2 Å². The van der Waals surface area contributed by atoms with Crippen LogP contribution < -0.4 is 0 Å². The average Bonchev–Trinajstić information content (AvgIpc) is 2.37. The maximum Gasteiger partial charge on any atom is 0.254 e. The number of ether oxygens (including phenoxy) is 1. The summed E-state index contributed by atoms with van der Waals surface area (Å²) in [5.74, 6) is -0.520. The molecular formula is C12H16ClNO4. The van der Waals surface area contributed by atoms with Crippen LogP contribution in [-0.2, 0) is 4.74 Å². The van der Waals surface area contributed by atoms with Crippen molar-refractivity contribution in [1.82, 2.24) is 4.90 Å².